The van der Waals surface area contributed by atoms with Crippen molar-refractivity contribution in [3.63, 3.8) is 0 Å². The molecule has 1 spiro atoms. The molecule has 7 rings (SSSR count). The van der Waals surface area contributed by atoms with E-state index in [1.54, 1.807) is 0 Å². The van der Waals surface area contributed by atoms with E-state index >= 15 is 0 Å². The lowest BCUT2D eigenvalue weighted by Gasteiger charge is -2.68. The van der Waals surface area contributed by atoms with Gasteiger partial charge in [0.15, 0.2) is 0 Å². The molecule has 1 saturated heterocycles. The summed E-state index contributed by atoms with van der Waals surface area (Å²) in [5, 5.41) is 10.3. The van der Waals surface area contributed by atoms with E-state index in [1.807, 2.05) is 38.1 Å². The molecule has 1 N–H and O–H groups in total. The molecule has 5 nitrogen and oxygen atoms in total. The molecule has 8 atom stereocenters. The van der Waals surface area contributed by atoms with Crippen molar-refractivity contribution in [3.05, 3.63) is 41.5 Å². The van der Waals surface area contributed by atoms with Gasteiger partial charge in [0.25, 0.3) is 0 Å². The van der Waals surface area contributed by atoms with Gasteiger partial charge in [0.1, 0.15) is 0 Å². The lowest BCUT2D eigenvalue weighted by molar-refractivity contribution is -0.194. The fraction of sp³-hybridized carbons (Fsp3) is 0.645. The van der Waals surface area contributed by atoms with E-state index in [-0.39, 0.29) is 52.2 Å². The minimum Gasteiger partial charge on any atom is -0.481 e. The van der Waals surface area contributed by atoms with Gasteiger partial charge in [0, 0.05) is 5.41 Å². The normalized spacial score (nSPS) is 43.2. The van der Waals surface area contributed by atoms with Crippen LogP contribution < -0.4 is 4.90 Å². The molecule has 192 valence electrons. The Morgan fingerprint density at radius 2 is 1.83 bits per heavy atom. The number of allylic oxidation sites excluding steroid dienone is 2. The number of anilines is 1. The molecule has 3 saturated carbocycles. The molecular formula is C31H39NO4. The summed E-state index contributed by atoms with van der Waals surface area (Å²) >= 11 is 0. The summed E-state index contributed by atoms with van der Waals surface area (Å²) in [6.45, 7) is 10.7. The highest BCUT2D eigenvalue weighted by atomic mass is 16.4. The molecule has 1 aromatic rings. The van der Waals surface area contributed by atoms with Gasteiger partial charge in [-0.15, -0.1) is 0 Å². The molecule has 0 aromatic heterocycles. The monoisotopic (exact) mass is 489 g/mol. The average molecular weight is 490 g/mol. The van der Waals surface area contributed by atoms with Crippen LogP contribution in [0.3, 0.4) is 0 Å². The number of aryl methyl sites for hydroxylation is 1. The molecule has 36 heavy (non-hydrogen) atoms. The summed E-state index contributed by atoms with van der Waals surface area (Å²) in [7, 11) is 0. The van der Waals surface area contributed by atoms with Gasteiger partial charge in [0.05, 0.1) is 22.9 Å². The molecule has 0 radical (unpaired) electrons. The zero-order chi connectivity index (χ0) is 25.8. The second kappa shape index (κ2) is 7.55. The number of hydrogen-bond acceptors (Lipinski definition) is 3. The Bertz CT molecular complexity index is 1200. The zero-order valence-corrected chi connectivity index (χ0v) is 22.2. The van der Waals surface area contributed by atoms with Crippen molar-refractivity contribution < 1.29 is 19.5 Å². The fourth-order valence-corrected chi connectivity index (χ4v) is 9.98. The first kappa shape index (κ1) is 23.9. The summed E-state index contributed by atoms with van der Waals surface area (Å²) < 4.78 is 0. The third-order valence-corrected chi connectivity index (χ3v) is 11.4. The highest BCUT2D eigenvalue weighted by Gasteiger charge is 2.73. The Kier molecular flexibility index (Phi) is 5.02. The molecule has 4 fully saturated rings. The maximum absolute atomic E-state index is 14.3. The van der Waals surface area contributed by atoms with Crippen molar-refractivity contribution in [2.75, 3.05) is 4.90 Å². The molecule has 1 aromatic carbocycles. The van der Waals surface area contributed by atoms with Crippen molar-refractivity contribution in [1.29, 1.82) is 0 Å². The second-order valence-electron chi connectivity index (χ2n) is 13.3. The van der Waals surface area contributed by atoms with Crippen LogP contribution in [-0.4, -0.2) is 22.9 Å². The van der Waals surface area contributed by atoms with Gasteiger partial charge < -0.3 is 5.11 Å². The number of rotatable bonds is 3. The molecule has 2 amide bonds. The second-order valence-corrected chi connectivity index (χ2v) is 13.3. The Labute approximate surface area is 214 Å². The number of carboxylic acid groups (broad SMARTS) is 1. The number of carbonyl (C=O) groups is 3. The average Bonchev–Trinajstić information content (AvgIpc) is 3.10. The van der Waals surface area contributed by atoms with Crippen LogP contribution in [0.4, 0.5) is 5.69 Å². The van der Waals surface area contributed by atoms with E-state index in [9.17, 15) is 19.5 Å². The van der Waals surface area contributed by atoms with Crippen LogP contribution in [0.25, 0.3) is 0 Å². The SMILES string of the molecule is Cc1cccc(N2C(=O)C3C4CC5C6(C)CCCC(C)(C(=O)O)C6CCC5(C=C4C(C)C)C3C2=O)c1. The Hall–Kier alpha value is -2.43. The Morgan fingerprint density at radius 1 is 1.08 bits per heavy atom. The summed E-state index contributed by atoms with van der Waals surface area (Å²) in [6, 6.07) is 7.73. The summed E-state index contributed by atoms with van der Waals surface area (Å²) in [4.78, 5) is 42.3. The van der Waals surface area contributed by atoms with Gasteiger partial charge in [-0.1, -0.05) is 51.0 Å². The van der Waals surface area contributed by atoms with Crippen molar-refractivity contribution >= 4 is 23.5 Å². The number of imide groups is 1. The molecular weight excluding hydrogens is 450 g/mol. The predicted octanol–water partition coefficient (Wildman–Crippen LogP) is 6.01. The maximum Gasteiger partial charge on any atom is 0.309 e. The zero-order valence-electron chi connectivity index (χ0n) is 22.2. The van der Waals surface area contributed by atoms with Crippen molar-refractivity contribution in [1.82, 2.24) is 0 Å². The third-order valence-electron chi connectivity index (χ3n) is 11.4. The van der Waals surface area contributed by atoms with Crippen LogP contribution in [0.5, 0.6) is 0 Å². The summed E-state index contributed by atoms with van der Waals surface area (Å²) in [5.41, 5.74) is 1.83. The van der Waals surface area contributed by atoms with Crippen LogP contribution in [0.1, 0.15) is 71.8 Å². The van der Waals surface area contributed by atoms with E-state index in [0.717, 1.165) is 44.1 Å². The first-order valence-corrected chi connectivity index (χ1v) is 13.9. The fourth-order valence-electron chi connectivity index (χ4n) is 9.98. The predicted molar refractivity (Wildman–Crippen MR) is 138 cm³/mol. The molecule has 5 heteroatoms. The van der Waals surface area contributed by atoms with Gasteiger partial charge in [-0.25, -0.2) is 4.90 Å². The van der Waals surface area contributed by atoms with Crippen LogP contribution in [0.15, 0.2) is 35.9 Å². The molecule has 6 aliphatic rings. The van der Waals surface area contributed by atoms with Crippen molar-refractivity contribution in [2.24, 2.45) is 51.8 Å². The van der Waals surface area contributed by atoms with Crippen LogP contribution in [-0.2, 0) is 14.4 Å². The number of hydrogen-bond donors (Lipinski definition) is 1. The molecule has 8 unspecified atom stereocenters. The van der Waals surface area contributed by atoms with Crippen LogP contribution in [0.2, 0.25) is 0 Å². The minimum atomic E-state index is -0.724. The van der Waals surface area contributed by atoms with Gasteiger partial charge in [-0.3, -0.25) is 14.4 Å². The minimum absolute atomic E-state index is 0.0315. The number of carbonyl (C=O) groups excluding carboxylic acids is 2. The van der Waals surface area contributed by atoms with E-state index < -0.39 is 11.4 Å². The smallest absolute Gasteiger partial charge is 0.309 e. The van der Waals surface area contributed by atoms with Crippen molar-refractivity contribution in [3.8, 4) is 0 Å². The molecule has 2 bridgehead atoms. The Morgan fingerprint density at radius 3 is 2.50 bits per heavy atom. The van der Waals surface area contributed by atoms with E-state index in [4.69, 9.17) is 0 Å². The number of carboxylic acids is 1. The number of nitrogens with zero attached hydrogens (tertiary/aromatic N) is 1. The van der Waals surface area contributed by atoms with Crippen LogP contribution in [0, 0.1) is 58.7 Å². The molecule has 1 aliphatic heterocycles. The van der Waals surface area contributed by atoms with E-state index in [0.29, 0.717) is 11.6 Å². The highest BCUT2D eigenvalue weighted by molar-refractivity contribution is 6.23. The third kappa shape index (κ3) is 2.80. The molecule has 5 aliphatic carbocycles. The van der Waals surface area contributed by atoms with Gasteiger partial charge in [-0.05, 0) is 92.7 Å². The Balaban J connectivity index is 1.50. The van der Waals surface area contributed by atoms with Crippen LogP contribution >= 0.6 is 0 Å². The summed E-state index contributed by atoms with van der Waals surface area (Å²) in [5.74, 6) is -0.679. The number of amides is 2. The topological polar surface area (TPSA) is 74.7 Å². The van der Waals surface area contributed by atoms with Gasteiger partial charge >= 0.3 is 5.97 Å². The lowest BCUT2D eigenvalue weighted by Crippen LogP contribution is -2.65. The standard InChI is InChI=1S/C31H39NO4/c1-17(2)21-16-31-13-10-22-29(4,11-7-12-30(22,5)28(35)36)23(31)15-20(21)24-25(31)27(34)32(26(24)33)19-9-6-8-18(3)14-19/h6,8-9,14,16-17,20,22-25H,7,10-13,15H2,1-5H3,(H,35,36). The largest absolute Gasteiger partial charge is 0.481 e. The number of fused-ring (bicyclic) bond motifs is 1. The van der Waals surface area contributed by atoms with Gasteiger partial charge in [-0.2, -0.15) is 0 Å². The quantitative estimate of drug-likeness (QED) is 0.417. The highest BCUT2D eigenvalue weighted by Crippen LogP contribution is 2.74. The van der Waals surface area contributed by atoms with E-state index in [2.05, 4.69) is 26.8 Å². The van der Waals surface area contributed by atoms with E-state index in [1.165, 1.54) is 10.5 Å². The first-order chi connectivity index (χ1) is 17.0. The van der Waals surface area contributed by atoms with Crippen molar-refractivity contribution in [2.45, 2.75) is 73.1 Å². The number of benzene rings is 1. The summed E-state index contributed by atoms with van der Waals surface area (Å²) in [6.07, 6.45) is 7.58. The van der Waals surface area contributed by atoms with Gasteiger partial charge in [0.2, 0.25) is 11.8 Å². The number of aliphatic carboxylic acids is 1. The molecule has 1 heterocycles. The maximum atomic E-state index is 14.3. The lowest BCUT2D eigenvalue weighted by atomic mass is 9.34. The first-order valence-electron chi connectivity index (χ1n) is 13.9.